The predicted molar refractivity (Wildman–Crippen MR) is 88.3 cm³/mol. The molecule has 0 fully saturated rings. The summed E-state index contributed by atoms with van der Waals surface area (Å²) in [6.07, 6.45) is -1.25. The summed E-state index contributed by atoms with van der Waals surface area (Å²) in [4.78, 5) is 12.4. The molecule has 1 aliphatic heterocycles. The first-order valence-corrected chi connectivity index (χ1v) is 8.90. The molecule has 0 saturated carbocycles. The minimum Gasteiger partial charge on any atom is -0.508 e. The monoisotopic (exact) mass is 361 g/mol. The summed E-state index contributed by atoms with van der Waals surface area (Å²) in [5.41, 5.74) is 6.29. The van der Waals surface area contributed by atoms with Crippen molar-refractivity contribution in [3.8, 4) is 5.75 Å². The number of phenolic OH excluding ortho intramolecular Hbond substituents is 1. The van der Waals surface area contributed by atoms with E-state index in [2.05, 4.69) is 0 Å². The molecule has 1 atom stereocenters. The lowest BCUT2D eigenvalue weighted by atomic mass is 10.0. The Morgan fingerprint density at radius 3 is 2.40 bits per heavy atom. The van der Waals surface area contributed by atoms with Crippen LogP contribution in [0.4, 0.5) is 0 Å². The highest BCUT2D eigenvalue weighted by molar-refractivity contribution is 7.86. The fourth-order valence-corrected chi connectivity index (χ4v) is 3.48. The van der Waals surface area contributed by atoms with Gasteiger partial charge in [-0.05, 0) is 11.6 Å². The van der Waals surface area contributed by atoms with Crippen LogP contribution in [0.1, 0.15) is 17.2 Å². The molecule has 3 rings (SSSR count). The standard InChI is InChI=1S/C17H15NO6S/c18-17-16(24-25(21,22)10-11-6-2-1-3-7-11)14(20)15(23-17)12-8-4-5-9-13(12)19/h1-9,15,19H,10,18H2. The van der Waals surface area contributed by atoms with Crippen molar-refractivity contribution in [2.45, 2.75) is 11.9 Å². The molecule has 3 N–H and O–H groups in total. The van der Waals surface area contributed by atoms with Crippen molar-refractivity contribution in [2.24, 2.45) is 5.73 Å². The number of carbonyl (C=O) groups excluding carboxylic acids is 1. The first-order chi connectivity index (χ1) is 11.9. The number of ketones is 1. The van der Waals surface area contributed by atoms with E-state index in [0.717, 1.165) is 0 Å². The average molecular weight is 361 g/mol. The van der Waals surface area contributed by atoms with Crippen LogP contribution in [0.15, 0.2) is 66.2 Å². The SMILES string of the molecule is NC1=C(OS(=O)(=O)Cc2ccccc2)C(=O)C(c2ccccc2O)O1. The lowest BCUT2D eigenvalue weighted by Gasteiger charge is -2.11. The number of Topliss-reactive ketones (excluding diaryl/α,β-unsaturated/α-hetero) is 1. The highest BCUT2D eigenvalue weighted by atomic mass is 32.2. The third kappa shape index (κ3) is 3.58. The first kappa shape index (κ1) is 16.8. The maximum atomic E-state index is 12.4. The van der Waals surface area contributed by atoms with E-state index in [0.29, 0.717) is 5.56 Å². The molecule has 0 aromatic heterocycles. The van der Waals surface area contributed by atoms with Crippen LogP contribution in [0.25, 0.3) is 0 Å². The van der Waals surface area contributed by atoms with Gasteiger partial charge in [-0.1, -0.05) is 48.5 Å². The molecule has 130 valence electrons. The van der Waals surface area contributed by atoms with Crippen molar-refractivity contribution in [1.29, 1.82) is 0 Å². The normalized spacial score (nSPS) is 17.4. The number of nitrogens with two attached hydrogens (primary N) is 1. The van der Waals surface area contributed by atoms with Crippen molar-refractivity contribution in [3.05, 3.63) is 77.4 Å². The van der Waals surface area contributed by atoms with Crippen molar-refractivity contribution < 1.29 is 27.2 Å². The van der Waals surface area contributed by atoms with Crippen molar-refractivity contribution >= 4 is 15.9 Å². The van der Waals surface area contributed by atoms with E-state index in [4.69, 9.17) is 14.7 Å². The van der Waals surface area contributed by atoms with Crippen LogP contribution < -0.4 is 5.73 Å². The number of carbonyl (C=O) groups is 1. The zero-order chi connectivity index (χ0) is 18.0. The Kier molecular flexibility index (Phi) is 4.37. The number of aromatic hydroxyl groups is 1. The number of hydrogen-bond acceptors (Lipinski definition) is 7. The molecular formula is C17H15NO6S. The summed E-state index contributed by atoms with van der Waals surface area (Å²) in [5.74, 6) is -2.36. The molecular weight excluding hydrogens is 346 g/mol. The lowest BCUT2D eigenvalue weighted by molar-refractivity contribution is -0.123. The molecule has 0 amide bonds. The zero-order valence-corrected chi connectivity index (χ0v) is 13.8. The van der Waals surface area contributed by atoms with Crippen LogP contribution in [-0.4, -0.2) is 19.3 Å². The molecule has 2 aromatic carbocycles. The van der Waals surface area contributed by atoms with Crippen molar-refractivity contribution in [2.75, 3.05) is 0 Å². The third-order valence-electron chi connectivity index (χ3n) is 3.55. The largest absolute Gasteiger partial charge is 0.508 e. The van der Waals surface area contributed by atoms with Crippen molar-refractivity contribution in [3.63, 3.8) is 0 Å². The summed E-state index contributed by atoms with van der Waals surface area (Å²) < 4.78 is 34.5. The molecule has 1 unspecified atom stereocenters. The fraction of sp³-hybridized carbons (Fsp3) is 0.118. The van der Waals surface area contributed by atoms with Gasteiger partial charge in [0.2, 0.25) is 17.4 Å². The van der Waals surface area contributed by atoms with Gasteiger partial charge >= 0.3 is 10.1 Å². The maximum Gasteiger partial charge on any atom is 0.313 e. The Morgan fingerprint density at radius 1 is 1.08 bits per heavy atom. The van der Waals surface area contributed by atoms with Crippen LogP contribution in [0.5, 0.6) is 5.75 Å². The van der Waals surface area contributed by atoms with Gasteiger partial charge in [0.25, 0.3) is 0 Å². The smallest absolute Gasteiger partial charge is 0.313 e. The van der Waals surface area contributed by atoms with Crippen LogP contribution in [0, 0.1) is 0 Å². The zero-order valence-electron chi connectivity index (χ0n) is 13.0. The fourth-order valence-electron chi connectivity index (χ4n) is 2.41. The molecule has 0 saturated heterocycles. The Morgan fingerprint density at radius 2 is 1.72 bits per heavy atom. The van der Waals surface area contributed by atoms with Gasteiger partial charge < -0.3 is 19.8 Å². The van der Waals surface area contributed by atoms with Gasteiger partial charge in [-0.2, -0.15) is 8.42 Å². The second-order valence-electron chi connectivity index (χ2n) is 5.39. The predicted octanol–water partition coefficient (Wildman–Crippen LogP) is 1.71. The van der Waals surface area contributed by atoms with E-state index < -0.39 is 39.4 Å². The molecule has 0 radical (unpaired) electrons. The van der Waals surface area contributed by atoms with Crippen LogP contribution in [0.3, 0.4) is 0 Å². The van der Waals surface area contributed by atoms with Gasteiger partial charge in [-0.15, -0.1) is 0 Å². The molecule has 7 nitrogen and oxygen atoms in total. The number of benzene rings is 2. The Balaban J connectivity index is 1.80. The van der Waals surface area contributed by atoms with Gasteiger partial charge in [-0.25, -0.2) is 0 Å². The quantitative estimate of drug-likeness (QED) is 0.779. The summed E-state index contributed by atoms with van der Waals surface area (Å²) >= 11 is 0. The summed E-state index contributed by atoms with van der Waals surface area (Å²) in [6.45, 7) is 0. The highest BCUT2D eigenvalue weighted by Gasteiger charge is 2.40. The average Bonchev–Trinajstić information content (AvgIpc) is 2.83. The van der Waals surface area contributed by atoms with Crippen LogP contribution >= 0.6 is 0 Å². The summed E-state index contributed by atoms with van der Waals surface area (Å²) in [5, 5.41) is 9.84. The maximum absolute atomic E-state index is 12.4. The minimum absolute atomic E-state index is 0.165. The molecule has 1 aliphatic rings. The second kappa shape index (κ2) is 6.48. The van der Waals surface area contributed by atoms with E-state index >= 15 is 0 Å². The Labute approximate surface area is 144 Å². The molecule has 25 heavy (non-hydrogen) atoms. The molecule has 0 spiro atoms. The van der Waals surface area contributed by atoms with E-state index in [9.17, 15) is 18.3 Å². The Hall–Kier alpha value is -3.00. The number of rotatable bonds is 5. The first-order valence-electron chi connectivity index (χ1n) is 7.32. The summed E-state index contributed by atoms with van der Waals surface area (Å²) in [7, 11) is -4.10. The number of ether oxygens (including phenoxy) is 1. The molecule has 0 aliphatic carbocycles. The Bertz CT molecular complexity index is 937. The summed E-state index contributed by atoms with van der Waals surface area (Å²) in [6, 6.07) is 14.4. The van der Waals surface area contributed by atoms with E-state index in [1.807, 2.05) is 0 Å². The van der Waals surface area contributed by atoms with Crippen LogP contribution in [-0.2, 0) is 29.6 Å². The second-order valence-corrected chi connectivity index (χ2v) is 6.96. The van der Waals surface area contributed by atoms with Gasteiger partial charge in [0, 0.05) is 5.56 Å². The highest BCUT2D eigenvalue weighted by Crippen LogP contribution is 2.36. The van der Waals surface area contributed by atoms with Crippen molar-refractivity contribution in [1.82, 2.24) is 0 Å². The molecule has 1 heterocycles. The van der Waals surface area contributed by atoms with Gasteiger partial charge in [-0.3, -0.25) is 4.79 Å². The number of para-hydroxylation sites is 1. The number of phenols is 1. The van der Waals surface area contributed by atoms with Gasteiger partial charge in [0.15, 0.2) is 6.10 Å². The molecule has 0 bridgehead atoms. The lowest BCUT2D eigenvalue weighted by Crippen LogP contribution is -2.16. The van der Waals surface area contributed by atoms with E-state index in [1.54, 1.807) is 42.5 Å². The minimum atomic E-state index is -4.10. The van der Waals surface area contributed by atoms with E-state index in [-0.39, 0.29) is 11.3 Å². The molecule has 2 aromatic rings. The molecule has 8 heteroatoms. The third-order valence-corrected chi connectivity index (χ3v) is 4.65. The number of hydrogen-bond donors (Lipinski definition) is 2. The van der Waals surface area contributed by atoms with Crippen LogP contribution in [0.2, 0.25) is 0 Å². The van der Waals surface area contributed by atoms with Gasteiger partial charge in [0.1, 0.15) is 11.5 Å². The van der Waals surface area contributed by atoms with Gasteiger partial charge in [0.05, 0.1) is 0 Å². The topological polar surface area (TPSA) is 116 Å². The van der Waals surface area contributed by atoms with E-state index in [1.165, 1.54) is 12.1 Å².